The highest BCUT2D eigenvalue weighted by molar-refractivity contribution is 14.1. The summed E-state index contributed by atoms with van der Waals surface area (Å²) < 4.78 is 12.4. The maximum Gasteiger partial charge on any atom is 0.262 e. The van der Waals surface area contributed by atoms with E-state index >= 15 is 0 Å². The van der Waals surface area contributed by atoms with Gasteiger partial charge in [-0.05, 0) is 78.4 Å². The molecule has 0 aliphatic carbocycles. The van der Waals surface area contributed by atoms with Crippen LogP contribution in [0.15, 0.2) is 71.7 Å². The van der Waals surface area contributed by atoms with E-state index in [1.54, 1.807) is 6.21 Å². The summed E-state index contributed by atoms with van der Waals surface area (Å²) in [4.78, 5) is 16.7. The summed E-state index contributed by atoms with van der Waals surface area (Å²) >= 11 is 2.18. The number of ether oxygens (including phenoxy) is 2. The number of aliphatic imine (C=N–C) groups is 1. The Labute approximate surface area is 190 Å². The monoisotopic (exact) mass is 514 g/mol. The zero-order chi connectivity index (χ0) is 21.3. The molecule has 0 bridgehead atoms. The normalized spacial score (nSPS) is 10.8. The van der Waals surface area contributed by atoms with Crippen LogP contribution < -0.4 is 14.8 Å². The molecule has 3 aromatic rings. The fraction of sp³-hybridized carbons (Fsp3) is 0.167. The van der Waals surface area contributed by atoms with Gasteiger partial charge in [0.05, 0.1) is 15.9 Å². The van der Waals surface area contributed by atoms with Crippen LogP contribution in [0.3, 0.4) is 0 Å². The molecule has 0 aromatic heterocycles. The number of halogens is 1. The molecule has 3 rings (SSSR count). The van der Waals surface area contributed by atoms with Crippen LogP contribution in [0.1, 0.15) is 18.1 Å². The number of rotatable bonds is 8. The average Bonchev–Trinajstić information content (AvgIpc) is 2.74. The second-order valence-electron chi connectivity index (χ2n) is 6.56. The number of amides is 1. The molecule has 6 heteroatoms. The summed E-state index contributed by atoms with van der Waals surface area (Å²) in [5.41, 5.74) is 3.70. The first-order valence-corrected chi connectivity index (χ1v) is 10.7. The highest BCUT2D eigenvalue weighted by atomic mass is 127. The summed E-state index contributed by atoms with van der Waals surface area (Å²) in [7, 11) is 0. The second kappa shape index (κ2) is 10.8. The molecule has 0 aliphatic heterocycles. The van der Waals surface area contributed by atoms with Crippen LogP contribution in [0.4, 0.5) is 11.4 Å². The number of nitrogens with zero attached hydrogens (tertiary/aromatic N) is 1. The molecule has 0 saturated heterocycles. The summed E-state index contributed by atoms with van der Waals surface area (Å²) in [6, 6.07) is 21.1. The van der Waals surface area contributed by atoms with Gasteiger partial charge in [-0.3, -0.25) is 9.79 Å². The minimum Gasteiger partial charge on any atom is -0.490 e. The van der Waals surface area contributed by atoms with Gasteiger partial charge in [-0.25, -0.2) is 0 Å². The Morgan fingerprint density at radius 1 is 1.07 bits per heavy atom. The Bertz CT molecular complexity index is 1020. The number of carbonyl (C=O) groups is 1. The molecule has 0 saturated carbocycles. The van der Waals surface area contributed by atoms with Crippen molar-refractivity contribution in [1.29, 1.82) is 0 Å². The summed E-state index contributed by atoms with van der Waals surface area (Å²) in [5, 5.41) is 2.81. The zero-order valence-electron chi connectivity index (χ0n) is 16.9. The van der Waals surface area contributed by atoms with Gasteiger partial charge in [0, 0.05) is 11.9 Å². The third kappa shape index (κ3) is 6.32. The van der Waals surface area contributed by atoms with Crippen molar-refractivity contribution in [2.45, 2.75) is 13.8 Å². The molecule has 0 atom stereocenters. The lowest BCUT2D eigenvalue weighted by molar-refractivity contribution is -0.118. The van der Waals surface area contributed by atoms with Crippen molar-refractivity contribution in [3.05, 3.63) is 81.4 Å². The highest BCUT2D eigenvalue weighted by Crippen LogP contribution is 2.34. The Hall–Kier alpha value is -2.87. The van der Waals surface area contributed by atoms with Crippen LogP contribution in [0.2, 0.25) is 0 Å². The Kier molecular flexibility index (Phi) is 7.84. The lowest BCUT2D eigenvalue weighted by Gasteiger charge is -2.14. The van der Waals surface area contributed by atoms with E-state index in [1.807, 2.05) is 80.6 Å². The maximum atomic E-state index is 12.2. The smallest absolute Gasteiger partial charge is 0.262 e. The molecular formula is C24H23IN2O3. The van der Waals surface area contributed by atoms with Gasteiger partial charge in [0.25, 0.3) is 5.91 Å². The largest absolute Gasteiger partial charge is 0.490 e. The van der Waals surface area contributed by atoms with E-state index in [0.29, 0.717) is 18.1 Å². The van der Waals surface area contributed by atoms with Gasteiger partial charge in [0.1, 0.15) is 0 Å². The molecular weight excluding hydrogens is 491 g/mol. The van der Waals surface area contributed by atoms with Crippen LogP contribution in [0.25, 0.3) is 0 Å². The Balaban J connectivity index is 1.72. The number of benzene rings is 3. The van der Waals surface area contributed by atoms with Gasteiger partial charge in [0.15, 0.2) is 18.1 Å². The molecule has 3 aromatic carbocycles. The molecule has 154 valence electrons. The number of hydrogen-bond acceptors (Lipinski definition) is 4. The van der Waals surface area contributed by atoms with Crippen molar-refractivity contribution >= 4 is 46.1 Å². The minimum absolute atomic E-state index is 0.109. The van der Waals surface area contributed by atoms with E-state index in [4.69, 9.17) is 9.47 Å². The quantitative estimate of drug-likeness (QED) is 0.307. The number of anilines is 1. The van der Waals surface area contributed by atoms with E-state index in [1.165, 1.54) is 5.56 Å². The minimum atomic E-state index is -0.232. The zero-order valence-corrected chi connectivity index (χ0v) is 19.0. The predicted molar refractivity (Wildman–Crippen MR) is 129 cm³/mol. The number of para-hydroxylation sites is 1. The van der Waals surface area contributed by atoms with Crippen molar-refractivity contribution in [1.82, 2.24) is 0 Å². The highest BCUT2D eigenvalue weighted by Gasteiger charge is 2.14. The summed E-state index contributed by atoms with van der Waals surface area (Å²) in [6.07, 6.45) is 1.79. The van der Waals surface area contributed by atoms with Gasteiger partial charge >= 0.3 is 0 Å². The fourth-order valence-electron chi connectivity index (χ4n) is 2.70. The van der Waals surface area contributed by atoms with Crippen LogP contribution in [0.5, 0.6) is 11.5 Å². The van der Waals surface area contributed by atoms with Crippen molar-refractivity contribution in [2.75, 3.05) is 18.5 Å². The lowest BCUT2D eigenvalue weighted by Crippen LogP contribution is -2.20. The van der Waals surface area contributed by atoms with Crippen molar-refractivity contribution in [3.8, 4) is 11.5 Å². The summed E-state index contributed by atoms with van der Waals surface area (Å²) in [6.45, 7) is 4.33. The topological polar surface area (TPSA) is 59.9 Å². The van der Waals surface area contributed by atoms with Gasteiger partial charge < -0.3 is 14.8 Å². The first kappa shape index (κ1) is 21.8. The van der Waals surface area contributed by atoms with Gasteiger partial charge in [0.2, 0.25) is 0 Å². The molecule has 0 aliphatic rings. The van der Waals surface area contributed by atoms with Crippen molar-refractivity contribution in [2.24, 2.45) is 4.99 Å². The van der Waals surface area contributed by atoms with Gasteiger partial charge in [-0.15, -0.1) is 0 Å². The molecule has 30 heavy (non-hydrogen) atoms. The lowest BCUT2D eigenvalue weighted by atomic mass is 10.2. The van der Waals surface area contributed by atoms with E-state index in [0.717, 1.165) is 20.5 Å². The molecule has 0 unspecified atom stereocenters. The Morgan fingerprint density at radius 3 is 2.50 bits per heavy atom. The number of aryl methyl sites for hydroxylation is 1. The first-order valence-electron chi connectivity index (χ1n) is 9.60. The van der Waals surface area contributed by atoms with Crippen LogP contribution in [-0.2, 0) is 4.79 Å². The van der Waals surface area contributed by atoms with E-state index in [9.17, 15) is 4.79 Å². The third-order valence-electron chi connectivity index (χ3n) is 4.13. The number of nitrogens with one attached hydrogen (secondary N) is 1. The van der Waals surface area contributed by atoms with Crippen molar-refractivity contribution in [3.63, 3.8) is 0 Å². The summed E-state index contributed by atoms with van der Waals surface area (Å²) in [5.74, 6) is 0.903. The van der Waals surface area contributed by atoms with Gasteiger partial charge in [-0.2, -0.15) is 0 Å². The molecule has 0 radical (unpaired) electrons. The van der Waals surface area contributed by atoms with Crippen LogP contribution in [-0.4, -0.2) is 25.3 Å². The molecule has 0 spiro atoms. The first-order chi connectivity index (χ1) is 14.5. The van der Waals surface area contributed by atoms with E-state index < -0.39 is 0 Å². The molecule has 0 fully saturated rings. The predicted octanol–water partition coefficient (Wildman–Crippen LogP) is 5.77. The van der Waals surface area contributed by atoms with E-state index in [2.05, 4.69) is 32.9 Å². The van der Waals surface area contributed by atoms with Crippen molar-refractivity contribution < 1.29 is 14.3 Å². The van der Waals surface area contributed by atoms with E-state index in [-0.39, 0.29) is 12.5 Å². The van der Waals surface area contributed by atoms with Crippen LogP contribution in [0, 0.1) is 10.5 Å². The SMILES string of the molecule is CCOc1cc(C=Nc2ccc(C)cc2)cc(I)c1OCC(=O)Nc1ccccc1. The standard InChI is InChI=1S/C24H23IN2O3/c1-3-29-22-14-18(15-26-19-11-9-17(2)10-12-19)13-21(25)24(22)30-16-23(28)27-20-7-5-4-6-8-20/h4-15H,3,16H2,1-2H3,(H,27,28). The molecule has 0 heterocycles. The second-order valence-corrected chi connectivity index (χ2v) is 7.72. The number of carbonyl (C=O) groups excluding carboxylic acids is 1. The van der Waals surface area contributed by atoms with Crippen LogP contribution >= 0.6 is 22.6 Å². The molecule has 1 amide bonds. The fourth-order valence-corrected chi connectivity index (χ4v) is 3.48. The van der Waals surface area contributed by atoms with Gasteiger partial charge in [-0.1, -0.05) is 35.9 Å². The molecule has 1 N–H and O–H groups in total. The molecule has 5 nitrogen and oxygen atoms in total. The Morgan fingerprint density at radius 2 is 1.80 bits per heavy atom. The third-order valence-corrected chi connectivity index (χ3v) is 4.93. The number of hydrogen-bond donors (Lipinski definition) is 1. The average molecular weight is 514 g/mol. The maximum absolute atomic E-state index is 12.2.